The molecular weight excluding hydrogens is 350 g/mol. The smallest absolute Gasteiger partial charge is 0.270 e. The lowest BCUT2D eigenvalue weighted by molar-refractivity contribution is 0.0727. The standard InChI is InChI=1S/C22H21N5O/c1-26(2)21-16-9-10-27(12-20(16)23-13-24-21)22(28)19-11-17-15-6-4-3-5-14(15)7-8-18(17)25-19/h3-8,11,13,25H,9-10,12H2,1-2H3. The van der Waals surface area contributed by atoms with Crippen LogP contribution in [0.5, 0.6) is 0 Å². The molecule has 3 heterocycles. The number of carbonyl (C=O) groups excluding carboxylic acids is 1. The summed E-state index contributed by atoms with van der Waals surface area (Å²) in [7, 11) is 3.96. The number of benzene rings is 2. The number of nitrogens with one attached hydrogen (secondary N) is 1. The largest absolute Gasteiger partial charge is 0.362 e. The van der Waals surface area contributed by atoms with Gasteiger partial charge in [-0.2, -0.15) is 0 Å². The monoisotopic (exact) mass is 371 g/mol. The first-order valence-corrected chi connectivity index (χ1v) is 9.41. The lowest BCUT2D eigenvalue weighted by Gasteiger charge is -2.29. The number of nitrogens with zero attached hydrogens (tertiary/aromatic N) is 4. The maximum atomic E-state index is 13.2. The number of fused-ring (bicyclic) bond motifs is 4. The van der Waals surface area contributed by atoms with Crippen LogP contribution in [0, 0.1) is 0 Å². The molecule has 5 rings (SSSR count). The Morgan fingerprint density at radius 2 is 1.96 bits per heavy atom. The second kappa shape index (κ2) is 6.34. The predicted octanol–water partition coefficient (Wildman–Crippen LogP) is 3.38. The Morgan fingerprint density at radius 3 is 2.82 bits per heavy atom. The second-order valence-electron chi connectivity index (χ2n) is 7.42. The van der Waals surface area contributed by atoms with Crippen molar-refractivity contribution in [2.24, 2.45) is 0 Å². The molecule has 1 N–H and O–H groups in total. The van der Waals surface area contributed by atoms with Gasteiger partial charge in [0.2, 0.25) is 0 Å². The Morgan fingerprint density at radius 1 is 1.11 bits per heavy atom. The van der Waals surface area contributed by atoms with Crippen molar-refractivity contribution in [3.05, 3.63) is 65.7 Å². The van der Waals surface area contributed by atoms with Gasteiger partial charge in [-0.05, 0) is 29.3 Å². The van der Waals surface area contributed by atoms with Crippen LogP contribution >= 0.6 is 0 Å². The average Bonchev–Trinajstić information content (AvgIpc) is 3.17. The Bertz CT molecular complexity index is 1210. The minimum Gasteiger partial charge on any atom is -0.362 e. The molecular formula is C22H21N5O. The van der Waals surface area contributed by atoms with Crippen molar-refractivity contribution in [2.75, 3.05) is 25.5 Å². The normalized spacial score (nSPS) is 13.7. The quantitative estimate of drug-likeness (QED) is 0.587. The van der Waals surface area contributed by atoms with Crippen molar-refractivity contribution >= 4 is 33.4 Å². The fourth-order valence-electron chi connectivity index (χ4n) is 4.07. The maximum absolute atomic E-state index is 13.2. The van der Waals surface area contributed by atoms with Crippen LogP contribution in [0.1, 0.15) is 21.7 Å². The van der Waals surface area contributed by atoms with Crippen LogP contribution < -0.4 is 4.90 Å². The minimum absolute atomic E-state index is 0.0101. The second-order valence-corrected chi connectivity index (χ2v) is 7.42. The zero-order valence-electron chi connectivity index (χ0n) is 15.9. The van der Waals surface area contributed by atoms with E-state index in [1.54, 1.807) is 6.33 Å². The molecule has 6 heteroatoms. The first kappa shape index (κ1) is 16.7. The topological polar surface area (TPSA) is 65.1 Å². The van der Waals surface area contributed by atoms with Gasteiger partial charge < -0.3 is 14.8 Å². The van der Waals surface area contributed by atoms with Crippen molar-refractivity contribution in [1.82, 2.24) is 19.9 Å². The van der Waals surface area contributed by atoms with E-state index in [4.69, 9.17) is 0 Å². The number of aromatic amines is 1. The number of rotatable bonds is 2. The van der Waals surface area contributed by atoms with Gasteiger partial charge in [-0.25, -0.2) is 9.97 Å². The summed E-state index contributed by atoms with van der Waals surface area (Å²) in [6.07, 6.45) is 2.34. The molecule has 0 bridgehead atoms. The minimum atomic E-state index is 0.0101. The zero-order valence-corrected chi connectivity index (χ0v) is 15.9. The van der Waals surface area contributed by atoms with Gasteiger partial charge >= 0.3 is 0 Å². The van der Waals surface area contributed by atoms with E-state index >= 15 is 0 Å². The first-order valence-electron chi connectivity index (χ1n) is 9.41. The van der Waals surface area contributed by atoms with Gasteiger partial charge in [0.15, 0.2) is 0 Å². The highest BCUT2D eigenvalue weighted by Crippen LogP contribution is 2.28. The van der Waals surface area contributed by atoms with Gasteiger partial charge in [0.25, 0.3) is 5.91 Å². The van der Waals surface area contributed by atoms with Gasteiger partial charge in [0, 0.05) is 37.1 Å². The van der Waals surface area contributed by atoms with Crippen LogP contribution in [0.4, 0.5) is 5.82 Å². The number of aromatic nitrogens is 3. The van der Waals surface area contributed by atoms with Crippen molar-refractivity contribution in [1.29, 1.82) is 0 Å². The van der Waals surface area contributed by atoms with Crippen LogP contribution in [0.2, 0.25) is 0 Å². The molecule has 0 spiro atoms. The Hall–Kier alpha value is -3.41. The predicted molar refractivity (Wildman–Crippen MR) is 111 cm³/mol. The molecule has 0 aliphatic carbocycles. The van der Waals surface area contributed by atoms with E-state index in [-0.39, 0.29) is 5.91 Å². The zero-order chi connectivity index (χ0) is 19.3. The number of amides is 1. The first-order chi connectivity index (χ1) is 13.6. The highest BCUT2D eigenvalue weighted by molar-refractivity contribution is 6.09. The van der Waals surface area contributed by atoms with E-state index in [1.165, 1.54) is 5.39 Å². The molecule has 1 aliphatic heterocycles. The number of H-pyrrole nitrogens is 1. The Balaban J connectivity index is 1.49. The average molecular weight is 371 g/mol. The van der Waals surface area contributed by atoms with E-state index in [1.807, 2.05) is 48.2 Å². The highest BCUT2D eigenvalue weighted by Gasteiger charge is 2.26. The molecule has 0 saturated carbocycles. The molecule has 0 atom stereocenters. The molecule has 0 fully saturated rings. The molecule has 0 radical (unpaired) electrons. The highest BCUT2D eigenvalue weighted by atomic mass is 16.2. The van der Waals surface area contributed by atoms with Crippen molar-refractivity contribution in [3.8, 4) is 0 Å². The van der Waals surface area contributed by atoms with Gasteiger partial charge in [-0.1, -0.05) is 30.3 Å². The van der Waals surface area contributed by atoms with Gasteiger partial charge in [-0.3, -0.25) is 4.79 Å². The van der Waals surface area contributed by atoms with Crippen LogP contribution in [0.15, 0.2) is 48.8 Å². The van der Waals surface area contributed by atoms with E-state index < -0.39 is 0 Å². The summed E-state index contributed by atoms with van der Waals surface area (Å²) in [6, 6.07) is 14.3. The van der Waals surface area contributed by atoms with Gasteiger partial charge in [0.1, 0.15) is 17.8 Å². The van der Waals surface area contributed by atoms with Crippen molar-refractivity contribution in [2.45, 2.75) is 13.0 Å². The summed E-state index contributed by atoms with van der Waals surface area (Å²) in [5.74, 6) is 0.949. The third-order valence-corrected chi connectivity index (χ3v) is 5.45. The summed E-state index contributed by atoms with van der Waals surface area (Å²) in [4.78, 5) is 29.2. The van der Waals surface area contributed by atoms with Gasteiger partial charge in [0.05, 0.1) is 12.2 Å². The summed E-state index contributed by atoms with van der Waals surface area (Å²) in [5, 5.41) is 3.41. The van der Waals surface area contributed by atoms with Crippen LogP contribution in [-0.4, -0.2) is 46.4 Å². The van der Waals surface area contributed by atoms with Crippen LogP contribution in [0.3, 0.4) is 0 Å². The van der Waals surface area contributed by atoms with Gasteiger partial charge in [-0.15, -0.1) is 0 Å². The molecule has 28 heavy (non-hydrogen) atoms. The molecule has 1 amide bonds. The molecule has 0 unspecified atom stereocenters. The summed E-state index contributed by atoms with van der Waals surface area (Å²) in [6.45, 7) is 1.17. The van der Waals surface area contributed by atoms with E-state index in [9.17, 15) is 4.79 Å². The fourth-order valence-corrected chi connectivity index (χ4v) is 4.07. The molecule has 1 aliphatic rings. The van der Waals surface area contributed by atoms with E-state index in [0.717, 1.165) is 39.8 Å². The Kier molecular flexibility index (Phi) is 3.79. The third kappa shape index (κ3) is 2.60. The number of hydrogen-bond acceptors (Lipinski definition) is 4. The SMILES string of the molecule is CN(C)c1ncnc2c1CCN(C(=O)c1cc3c(ccc4ccccc43)[nH]1)C2. The van der Waals surface area contributed by atoms with Crippen molar-refractivity contribution in [3.63, 3.8) is 0 Å². The summed E-state index contributed by atoms with van der Waals surface area (Å²) >= 11 is 0. The number of carbonyl (C=O) groups is 1. The third-order valence-electron chi connectivity index (χ3n) is 5.45. The molecule has 140 valence electrons. The van der Waals surface area contributed by atoms with Crippen LogP contribution in [0.25, 0.3) is 21.7 Å². The molecule has 6 nitrogen and oxygen atoms in total. The molecule has 2 aromatic heterocycles. The van der Waals surface area contributed by atoms with Crippen LogP contribution in [-0.2, 0) is 13.0 Å². The maximum Gasteiger partial charge on any atom is 0.270 e. The lowest BCUT2D eigenvalue weighted by Crippen LogP contribution is -2.37. The van der Waals surface area contributed by atoms with E-state index in [0.29, 0.717) is 18.8 Å². The fraction of sp³-hybridized carbons (Fsp3) is 0.227. The van der Waals surface area contributed by atoms with Crippen molar-refractivity contribution < 1.29 is 4.79 Å². The van der Waals surface area contributed by atoms with E-state index in [2.05, 4.69) is 33.2 Å². The molecule has 4 aromatic rings. The lowest BCUT2D eigenvalue weighted by atomic mass is 10.0. The number of anilines is 1. The molecule has 2 aromatic carbocycles. The summed E-state index contributed by atoms with van der Waals surface area (Å²) < 4.78 is 0. The molecule has 0 saturated heterocycles. The Labute approximate surface area is 162 Å². The number of hydrogen-bond donors (Lipinski definition) is 1. The summed E-state index contributed by atoms with van der Waals surface area (Å²) in [5.41, 5.74) is 3.67.